The van der Waals surface area contributed by atoms with Gasteiger partial charge in [0.1, 0.15) is 0 Å². The Morgan fingerprint density at radius 2 is 1.93 bits per heavy atom. The van der Waals surface area contributed by atoms with Gasteiger partial charge in [0, 0.05) is 25.7 Å². The van der Waals surface area contributed by atoms with Crippen molar-refractivity contribution in [1.82, 2.24) is 10.2 Å². The number of piperidine rings is 1. The monoisotopic (exact) mass is 379 g/mol. The fourth-order valence-corrected chi connectivity index (χ4v) is 4.42. The number of likely N-dealkylation sites (tertiary alicyclic amines) is 1. The first-order valence-corrected chi connectivity index (χ1v) is 9.65. The van der Waals surface area contributed by atoms with E-state index in [1.165, 1.54) is 6.07 Å². The van der Waals surface area contributed by atoms with Crippen molar-refractivity contribution in [1.29, 1.82) is 0 Å². The Hall–Kier alpha value is -2.02. The lowest BCUT2D eigenvalue weighted by Gasteiger charge is -2.34. The molecular weight excluding hydrogens is 352 g/mol. The zero-order valence-corrected chi connectivity index (χ0v) is 15.4. The first-order chi connectivity index (χ1) is 13.0. The van der Waals surface area contributed by atoms with Crippen molar-refractivity contribution >= 4 is 12.3 Å². The average Bonchev–Trinajstić information content (AvgIpc) is 3.19. The minimum Gasteiger partial charge on any atom is -0.354 e. The standard InChI is InChI=1S/C20H27F2N3O2/c21-16-4-3-15(11-17(16)22)20(7-1-2-8-20)19(27)24-12-18(23)14-5-9-25(13-26)10-6-14/h3-4,11,13-14,18H,1-2,5-10,12,23H2,(H,24,27). The van der Waals surface area contributed by atoms with Crippen LogP contribution in [0.5, 0.6) is 0 Å². The van der Waals surface area contributed by atoms with Crippen LogP contribution < -0.4 is 11.1 Å². The second-order valence-corrected chi connectivity index (χ2v) is 7.77. The molecule has 148 valence electrons. The van der Waals surface area contributed by atoms with Gasteiger partial charge in [-0.1, -0.05) is 18.9 Å². The van der Waals surface area contributed by atoms with E-state index in [9.17, 15) is 18.4 Å². The zero-order chi connectivity index (χ0) is 19.4. The first kappa shape index (κ1) is 19.7. The summed E-state index contributed by atoms with van der Waals surface area (Å²) in [6.45, 7) is 1.72. The quantitative estimate of drug-likeness (QED) is 0.743. The predicted octanol–water partition coefficient (Wildman–Crippen LogP) is 2.09. The van der Waals surface area contributed by atoms with Crippen molar-refractivity contribution in [2.75, 3.05) is 19.6 Å². The molecule has 1 heterocycles. The van der Waals surface area contributed by atoms with Crippen molar-refractivity contribution in [2.24, 2.45) is 11.7 Å². The maximum absolute atomic E-state index is 13.7. The summed E-state index contributed by atoms with van der Waals surface area (Å²) in [5.41, 5.74) is 6.00. The van der Waals surface area contributed by atoms with E-state index in [1.807, 2.05) is 0 Å². The molecule has 1 unspecified atom stereocenters. The predicted molar refractivity (Wildman–Crippen MR) is 97.9 cm³/mol. The highest BCUT2D eigenvalue weighted by Gasteiger charge is 2.43. The van der Waals surface area contributed by atoms with Crippen LogP contribution in [0.25, 0.3) is 0 Å². The minimum atomic E-state index is -0.926. The van der Waals surface area contributed by atoms with Crippen LogP contribution in [-0.4, -0.2) is 42.9 Å². The summed E-state index contributed by atoms with van der Waals surface area (Å²) in [7, 11) is 0. The summed E-state index contributed by atoms with van der Waals surface area (Å²) < 4.78 is 27.0. The van der Waals surface area contributed by atoms with E-state index in [1.54, 1.807) is 4.90 Å². The fourth-order valence-electron chi connectivity index (χ4n) is 4.42. The summed E-state index contributed by atoms with van der Waals surface area (Å²) in [6.07, 6.45) is 5.50. The molecule has 1 aromatic carbocycles. The molecule has 5 nitrogen and oxygen atoms in total. The van der Waals surface area contributed by atoms with E-state index in [0.717, 1.165) is 44.2 Å². The van der Waals surface area contributed by atoms with Crippen molar-refractivity contribution < 1.29 is 18.4 Å². The molecule has 1 aliphatic heterocycles. The summed E-state index contributed by atoms with van der Waals surface area (Å²) in [5.74, 6) is -1.74. The van der Waals surface area contributed by atoms with Gasteiger partial charge >= 0.3 is 0 Å². The van der Waals surface area contributed by atoms with Crippen LogP contribution in [0, 0.1) is 17.6 Å². The number of hydrogen-bond donors (Lipinski definition) is 2. The first-order valence-electron chi connectivity index (χ1n) is 9.65. The van der Waals surface area contributed by atoms with Crippen molar-refractivity contribution in [2.45, 2.75) is 50.0 Å². The summed E-state index contributed by atoms with van der Waals surface area (Å²) >= 11 is 0. The summed E-state index contributed by atoms with van der Waals surface area (Å²) in [5, 5.41) is 2.96. The molecule has 0 radical (unpaired) electrons. The third kappa shape index (κ3) is 4.13. The van der Waals surface area contributed by atoms with E-state index in [-0.39, 0.29) is 17.9 Å². The molecule has 2 amide bonds. The van der Waals surface area contributed by atoms with Crippen LogP contribution >= 0.6 is 0 Å². The molecule has 0 bridgehead atoms. The molecule has 0 aromatic heterocycles. The van der Waals surface area contributed by atoms with Gasteiger partial charge in [-0.25, -0.2) is 8.78 Å². The Kier molecular flexibility index (Phi) is 6.09. The average molecular weight is 379 g/mol. The number of hydrogen-bond acceptors (Lipinski definition) is 3. The maximum Gasteiger partial charge on any atom is 0.230 e. The lowest BCUT2D eigenvalue weighted by Crippen LogP contribution is -2.50. The van der Waals surface area contributed by atoms with Gasteiger partial charge in [-0.2, -0.15) is 0 Å². The lowest BCUT2D eigenvalue weighted by atomic mass is 9.77. The van der Waals surface area contributed by atoms with E-state index in [0.29, 0.717) is 38.0 Å². The Balaban J connectivity index is 1.64. The molecule has 1 aliphatic carbocycles. The third-order valence-corrected chi connectivity index (χ3v) is 6.19. The van der Waals surface area contributed by atoms with Gasteiger partial charge in [0.05, 0.1) is 5.41 Å². The van der Waals surface area contributed by atoms with E-state index < -0.39 is 17.0 Å². The van der Waals surface area contributed by atoms with Crippen molar-refractivity contribution in [3.05, 3.63) is 35.4 Å². The normalized spacial score (nSPS) is 21.1. The molecule has 1 aromatic rings. The highest BCUT2D eigenvalue weighted by Crippen LogP contribution is 2.41. The Labute approximate surface area is 158 Å². The van der Waals surface area contributed by atoms with Gasteiger partial charge in [-0.3, -0.25) is 9.59 Å². The number of carbonyl (C=O) groups is 2. The number of nitrogens with two attached hydrogens (primary N) is 1. The maximum atomic E-state index is 13.7. The number of carbonyl (C=O) groups excluding carboxylic acids is 2. The second-order valence-electron chi connectivity index (χ2n) is 7.77. The number of amides is 2. The Morgan fingerprint density at radius 3 is 2.52 bits per heavy atom. The molecule has 3 rings (SSSR count). The summed E-state index contributed by atoms with van der Waals surface area (Å²) in [4.78, 5) is 25.5. The van der Waals surface area contributed by atoms with Gasteiger partial charge in [-0.15, -0.1) is 0 Å². The van der Waals surface area contributed by atoms with Crippen molar-refractivity contribution in [3.63, 3.8) is 0 Å². The van der Waals surface area contributed by atoms with Crippen LogP contribution in [0.15, 0.2) is 18.2 Å². The smallest absolute Gasteiger partial charge is 0.230 e. The minimum absolute atomic E-state index is 0.160. The topological polar surface area (TPSA) is 75.4 Å². The highest BCUT2D eigenvalue weighted by molar-refractivity contribution is 5.88. The number of benzene rings is 1. The number of nitrogens with one attached hydrogen (secondary N) is 1. The molecule has 1 atom stereocenters. The van der Waals surface area contributed by atoms with Gasteiger partial charge < -0.3 is 16.0 Å². The molecule has 7 heteroatoms. The van der Waals surface area contributed by atoms with Crippen LogP contribution in [0.4, 0.5) is 8.78 Å². The molecule has 2 aliphatic rings. The SMILES string of the molecule is NC(CNC(=O)C1(c2ccc(F)c(F)c2)CCCC1)C1CCN(C=O)CC1. The number of rotatable bonds is 6. The third-order valence-electron chi connectivity index (χ3n) is 6.19. The van der Waals surface area contributed by atoms with Crippen LogP contribution in [-0.2, 0) is 15.0 Å². The Morgan fingerprint density at radius 1 is 1.26 bits per heavy atom. The van der Waals surface area contributed by atoms with E-state index in [2.05, 4.69) is 5.32 Å². The molecular formula is C20H27F2N3O2. The van der Waals surface area contributed by atoms with Crippen LogP contribution in [0.2, 0.25) is 0 Å². The number of nitrogens with zero attached hydrogens (tertiary/aromatic N) is 1. The second kappa shape index (κ2) is 8.33. The fraction of sp³-hybridized carbons (Fsp3) is 0.600. The van der Waals surface area contributed by atoms with E-state index >= 15 is 0 Å². The van der Waals surface area contributed by atoms with Crippen LogP contribution in [0.3, 0.4) is 0 Å². The zero-order valence-electron chi connectivity index (χ0n) is 15.4. The lowest BCUT2D eigenvalue weighted by molar-refractivity contribution is -0.126. The number of halogens is 2. The largest absolute Gasteiger partial charge is 0.354 e. The van der Waals surface area contributed by atoms with Gasteiger partial charge in [0.25, 0.3) is 0 Å². The molecule has 0 spiro atoms. The van der Waals surface area contributed by atoms with Gasteiger partial charge in [0.15, 0.2) is 11.6 Å². The molecule has 2 fully saturated rings. The van der Waals surface area contributed by atoms with Gasteiger partial charge in [0.2, 0.25) is 12.3 Å². The van der Waals surface area contributed by atoms with Crippen LogP contribution in [0.1, 0.15) is 44.1 Å². The summed E-state index contributed by atoms with van der Waals surface area (Å²) in [6, 6.07) is 3.56. The molecule has 1 saturated heterocycles. The van der Waals surface area contributed by atoms with Crippen molar-refractivity contribution in [3.8, 4) is 0 Å². The molecule has 27 heavy (non-hydrogen) atoms. The molecule has 3 N–H and O–H groups in total. The van der Waals surface area contributed by atoms with E-state index in [4.69, 9.17) is 5.73 Å². The molecule has 1 saturated carbocycles. The van der Waals surface area contributed by atoms with Gasteiger partial charge in [-0.05, 0) is 49.3 Å². The highest BCUT2D eigenvalue weighted by atomic mass is 19.2. The Bertz CT molecular complexity index is 684.